The molecule has 4 nitrogen and oxygen atoms in total. The Morgan fingerprint density at radius 1 is 0.410 bits per heavy atom. The lowest BCUT2D eigenvalue weighted by Crippen LogP contribution is -2.27. The third-order valence-electron chi connectivity index (χ3n) is 7.99. The van der Waals surface area contributed by atoms with E-state index in [0.29, 0.717) is 13.0 Å². The molecule has 0 aromatic carbocycles. The lowest BCUT2D eigenvalue weighted by molar-refractivity contribution is -0.137. The van der Waals surface area contributed by atoms with E-state index in [1.807, 2.05) is 0 Å². The number of esters is 1. The van der Waals surface area contributed by atoms with Crippen LogP contribution in [0.5, 0.6) is 0 Å². The van der Waals surface area contributed by atoms with Gasteiger partial charge in [0.2, 0.25) is 0 Å². The summed E-state index contributed by atoms with van der Waals surface area (Å²) in [6.07, 6.45) is 37.8. The average molecular weight is 552 g/mol. The molecular weight excluding hydrogens is 482 g/mol. The van der Waals surface area contributed by atoms with Crippen molar-refractivity contribution < 1.29 is 14.3 Å². The Morgan fingerprint density at radius 3 is 1.03 bits per heavy atom. The van der Waals surface area contributed by atoms with Gasteiger partial charge in [-0.15, -0.1) is 0 Å². The van der Waals surface area contributed by atoms with Gasteiger partial charge in [-0.05, 0) is 12.8 Å². The van der Waals surface area contributed by atoms with Crippen molar-refractivity contribution in [2.24, 2.45) is 0 Å². The fraction of sp³-hybridized carbons (Fsp3) is 0.943. The predicted octanol–water partition coefficient (Wildman–Crippen LogP) is 12.0. The molecule has 1 amide bonds. The van der Waals surface area contributed by atoms with Gasteiger partial charge >= 0.3 is 12.1 Å². The second-order valence-corrected chi connectivity index (χ2v) is 12.0. The maximum Gasteiger partial charge on any atom is 0.414 e. The van der Waals surface area contributed by atoms with Crippen LogP contribution in [0.25, 0.3) is 0 Å². The third-order valence-corrected chi connectivity index (χ3v) is 7.99. The molecular formula is C35H69NO3. The van der Waals surface area contributed by atoms with Gasteiger partial charge in [0, 0.05) is 13.0 Å². The van der Waals surface area contributed by atoms with E-state index in [2.05, 4.69) is 19.2 Å². The van der Waals surface area contributed by atoms with Gasteiger partial charge in [-0.3, -0.25) is 4.79 Å². The van der Waals surface area contributed by atoms with Gasteiger partial charge in [-0.2, -0.15) is 0 Å². The maximum absolute atomic E-state index is 11.9. The van der Waals surface area contributed by atoms with E-state index in [1.165, 1.54) is 161 Å². The number of nitrogens with one attached hydrogen (secondary N) is 1. The summed E-state index contributed by atoms with van der Waals surface area (Å²) < 4.78 is 4.90. The lowest BCUT2D eigenvalue weighted by Gasteiger charge is -2.06. The van der Waals surface area contributed by atoms with Crippen molar-refractivity contribution in [3.63, 3.8) is 0 Å². The summed E-state index contributed by atoms with van der Waals surface area (Å²) in [5.41, 5.74) is 0. The fourth-order valence-corrected chi connectivity index (χ4v) is 5.34. The van der Waals surface area contributed by atoms with Gasteiger partial charge in [-0.1, -0.05) is 187 Å². The van der Waals surface area contributed by atoms with Gasteiger partial charge in [0.15, 0.2) is 0 Å². The highest BCUT2D eigenvalue weighted by molar-refractivity contribution is 5.84. The number of hydrogen-bond donors (Lipinski definition) is 1. The standard InChI is InChI=1S/C35H69NO3/c1-3-5-7-9-11-13-15-17-18-19-21-23-25-27-29-31-33-36-35(38)39-34(37)32-30-28-26-24-22-20-16-14-12-10-8-6-4-2/h3-33H2,1-2H3,(H,36,38). The lowest BCUT2D eigenvalue weighted by atomic mass is 10.0. The molecule has 0 rings (SSSR count). The SMILES string of the molecule is CCCCCCCCCCCCCCCCCCNC(=O)OC(=O)CCCCCCCCCCCCCCC. The monoisotopic (exact) mass is 552 g/mol. The molecule has 0 heterocycles. The van der Waals surface area contributed by atoms with Crippen LogP contribution in [-0.4, -0.2) is 18.6 Å². The predicted molar refractivity (Wildman–Crippen MR) is 169 cm³/mol. The molecule has 0 aliphatic rings. The van der Waals surface area contributed by atoms with Crippen LogP contribution >= 0.6 is 0 Å². The molecule has 0 fully saturated rings. The van der Waals surface area contributed by atoms with E-state index in [9.17, 15) is 9.59 Å². The first-order chi connectivity index (χ1) is 19.2. The molecule has 0 saturated heterocycles. The molecule has 0 aromatic rings. The molecule has 39 heavy (non-hydrogen) atoms. The van der Waals surface area contributed by atoms with Crippen LogP contribution in [0.15, 0.2) is 0 Å². The fourth-order valence-electron chi connectivity index (χ4n) is 5.34. The first kappa shape index (κ1) is 37.9. The van der Waals surface area contributed by atoms with Crippen LogP contribution in [0.1, 0.15) is 206 Å². The highest BCUT2D eigenvalue weighted by atomic mass is 16.6. The van der Waals surface area contributed by atoms with Crippen molar-refractivity contribution in [3.8, 4) is 0 Å². The number of carbonyl (C=O) groups excluding carboxylic acids is 2. The minimum absolute atomic E-state index is 0.351. The Bertz CT molecular complexity index is 508. The third kappa shape index (κ3) is 33.0. The van der Waals surface area contributed by atoms with Crippen molar-refractivity contribution in [1.82, 2.24) is 5.32 Å². The zero-order chi connectivity index (χ0) is 28.5. The number of unbranched alkanes of at least 4 members (excludes halogenated alkanes) is 27. The molecule has 232 valence electrons. The van der Waals surface area contributed by atoms with E-state index < -0.39 is 6.09 Å². The van der Waals surface area contributed by atoms with Gasteiger partial charge in [0.25, 0.3) is 0 Å². The van der Waals surface area contributed by atoms with Gasteiger partial charge in [0.05, 0.1) is 0 Å². The molecule has 0 aromatic heterocycles. The number of carbonyl (C=O) groups is 2. The summed E-state index contributed by atoms with van der Waals surface area (Å²) in [5, 5.41) is 2.73. The van der Waals surface area contributed by atoms with Crippen LogP contribution in [0.4, 0.5) is 4.79 Å². The van der Waals surface area contributed by atoms with Crippen LogP contribution in [0.2, 0.25) is 0 Å². The second kappa shape index (κ2) is 33.1. The smallest absolute Gasteiger partial charge is 0.376 e. The molecule has 0 saturated carbocycles. The largest absolute Gasteiger partial charge is 0.414 e. The van der Waals surface area contributed by atoms with Crippen LogP contribution in [-0.2, 0) is 9.53 Å². The molecule has 0 bridgehead atoms. The number of alkyl carbamates (subject to hydrolysis) is 1. The van der Waals surface area contributed by atoms with E-state index in [-0.39, 0.29) is 5.97 Å². The summed E-state index contributed by atoms with van der Waals surface area (Å²) in [4.78, 5) is 23.6. The normalized spacial score (nSPS) is 11.1. The number of rotatable bonds is 31. The van der Waals surface area contributed by atoms with Crippen LogP contribution < -0.4 is 5.32 Å². The first-order valence-electron chi connectivity index (χ1n) is 17.7. The van der Waals surface area contributed by atoms with Crippen molar-refractivity contribution in [3.05, 3.63) is 0 Å². The summed E-state index contributed by atoms with van der Waals surface area (Å²) in [7, 11) is 0. The molecule has 0 spiro atoms. The van der Waals surface area contributed by atoms with Crippen LogP contribution in [0, 0.1) is 0 Å². The molecule has 0 unspecified atom stereocenters. The number of ether oxygens (including phenoxy) is 1. The Labute approximate surface area is 244 Å². The molecule has 1 N–H and O–H groups in total. The second-order valence-electron chi connectivity index (χ2n) is 12.0. The van der Waals surface area contributed by atoms with Crippen molar-refractivity contribution >= 4 is 12.1 Å². The Balaban J connectivity index is 3.27. The number of hydrogen-bond acceptors (Lipinski definition) is 3. The summed E-state index contributed by atoms with van der Waals surface area (Å²) in [5.74, 6) is -0.387. The van der Waals surface area contributed by atoms with Gasteiger partial charge in [0.1, 0.15) is 0 Å². The Kier molecular flexibility index (Phi) is 32.2. The van der Waals surface area contributed by atoms with Gasteiger partial charge in [-0.25, -0.2) is 4.79 Å². The summed E-state index contributed by atoms with van der Waals surface area (Å²) in [6.45, 7) is 5.15. The highest BCUT2D eigenvalue weighted by Gasteiger charge is 2.09. The highest BCUT2D eigenvalue weighted by Crippen LogP contribution is 2.15. The Morgan fingerprint density at radius 2 is 0.692 bits per heavy atom. The average Bonchev–Trinajstić information content (AvgIpc) is 2.93. The summed E-state index contributed by atoms with van der Waals surface area (Å²) >= 11 is 0. The summed E-state index contributed by atoms with van der Waals surface area (Å²) in [6, 6.07) is 0. The van der Waals surface area contributed by atoms with E-state index in [4.69, 9.17) is 4.74 Å². The zero-order valence-corrected chi connectivity index (χ0v) is 26.6. The maximum atomic E-state index is 11.9. The zero-order valence-electron chi connectivity index (χ0n) is 26.6. The van der Waals surface area contributed by atoms with Crippen molar-refractivity contribution in [2.75, 3.05) is 6.54 Å². The topological polar surface area (TPSA) is 55.4 Å². The number of amides is 1. The molecule has 0 atom stereocenters. The van der Waals surface area contributed by atoms with Crippen molar-refractivity contribution in [2.45, 2.75) is 206 Å². The Hall–Kier alpha value is -1.06. The van der Waals surface area contributed by atoms with E-state index >= 15 is 0 Å². The minimum Gasteiger partial charge on any atom is -0.376 e. The van der Waals surface area contributed by atoms with E-state index in [0.717, 1.165) is 25.7 Å². The minimum atomic E-state index is -0.573. The molecule has 0 radical (unpaired) electrons. The molecule has 4 heteroatoms. The first-order valence-corrected chi connectivity index (χ1v) is 17.7. The van der Waals surface area contributed by atoms with E-state index in [1.54, 1.807) is 0 Å². The molecule has 0 aliphatic heterocycles. The molecule has 0 aliphatic carbocycles. The van der Waals surface area contributed by atoms with Crippen molar-refractivity contribution in [1.29, 1.82) is 0 Å². The van der Waals surface area contributed by atoms with Gasteiger partial charge < -0.3 is 10.1 Å². The van der Waals surface area contributed by atoms with Crippen LogP contribution in [0.3, 0.4) is 0 Å². The quantitative estimate of drug-likeness (QED) is 0.0529.